The highest BCUT2D eigenvalue weighted by Gasteiger charge is 2.16. The Hall–Kier alpha value is -2.71. The third-order valence-corrected chi connectivity index (χ3v) is 5.71. The van der Waals surface area contributed by atoms with Crippen molar-refractivity contribution in [3.05, 3.63) is 70.3 Å². The van der Waals surface area contributed by atoms with Crippen molar-refractivity contribution in [1.29, 1.82) is 0 Å². The lowest BCUT2D eigenvalue weighted by atomic mass is 10.2. The summed E-state index contributed by atoms with van der Waals surface area (Å²) < 4.78 is 22.7. The fourth-order valence-corrected chi connectivity index (χ4v) is 4.23. The van der Waals surface area contributed by atoms with Gasteiger partial charge in [-0.25, -0.2) is 4.39 Å². The smallest absolute Gasteiger partial charge is 0.262 e. The molecule has 2 heterocycles. The number of thioether (sulfide) groups is 1. The first-order valence-electron chi connectivity index (χ1n) is 9.90. The van der Waals surface area contributed by atoms with Crippen LogP contribution >= 0.6 is 11.8 Å². The summed E-state index contributed by atoms with van der Waals surface area (Å²) in [5, 5.41) is 9.92. The molecule has 156 valence electrons. The van der Waals surface area contributed by atoms with Gasteiger partial charge in [-0.15, -0.1) is 10.2 Å². The van der Waals surface area contributed by atoms with E-state index in [9.17, 15) is 9.18 Å². The Morgan fingerprint density at radius 3 is 2.77 bits per heavy atom. The van der Waals surface area contributed by atoms with Crippen LogP contribution in [0.2, 0.25) is 0 Å². The van der Waals surface area contributed by atoms with Gasteiger partial charge in [-0.2, -0.15) is 0 Å². The predicted molar refractivity (Wildman–Crippen MR) is 116 cm³/mol. The summed E-state index contributed by atoms with van der Waals surface area (Å²) in [6.07, 6.45) is 0.849. The molecule has 4 aromatic rings. The van der Waals surface area contributed by atoms with Gasteiger partial charge >= 0.3 is 0 Å². The van der Waals surface area contributed by atoms with Crippen LogP contribution in [0.5, 0.6) is 0 Å². The third-order valence-electron chi connectivity index (χ3n) is 4.71. The van der Waals surface area contributed by atoms with E-state index in [2.05, 4.69) is 10.2 Å². The van der Waals surface area contributed by atoms with Gasteiger partial charge in [-0.3, -0.25) is 13.8 Å². The normalized spacial score (nSPS) is 11.7. The monoisotopic (exact) mass is 426 g/mol. The number of fused-ring (bicyclic) bond motifs is 3. The minimum absolute atomic E-state index is 0.0864. The maximum atomic E-state index is 13.5. The largest absolute Gasteiger partial charge is 0.379 e. The van der Waals surface area contributed by atoms with Crippen molar-refractivity contribution < 1.29 is 9.13 Å². The van der Waals surface area contributed by atoms with Crippen molar-refractivity contribution in [1.82, 2.24) is 19.2 Å². The van der Waals surface area contributed by atoms with E-state index in [1.54, 1.807) is 10.6 Å². The molecule has 0 spiro atoms. The molecule has 0 atom stereocenters. The molecule has 0 saturated heterocycles. The number of hydrogen-bond acceptors (Lipinski definition) is 5. The summed E-state index contributed by atoms with van der Waals surface area (Å²) in [6.45, 7) is 5.03. The number of halogens is 1. The Labute approximate surface area is 177 Å². The first-order valence-corrected chi connectivity index (χ1v) is 10.9. The van der Waals surface area contributed by atoms with E-state index in [4.69, 9.17) is 4.74 Å². The standard InChI is InChI=1S/C22H23FN4O2S/c1-15(2)29-12-6-11-26-20(28)18-9-3-4-10-19(18)27-21(26)24-25-22(27)30-14-16-7-5-8-17(23)13-16/h3-5,7-10,13,15H,6,11-12,14H2,1-2H3. The van der Waals surface area contributed by atoms with Crippen molar-refractivity contribution in [2.75, 3.05) is 6.61 Å². The van der Waals surface area contributed by atoms with Crippen LogP contribution in [0.15, 0.2) is 58.5 Å². The fourth-order valence-electron chi connectivity index (χ4n) is 3.34. The van der Waals surface area contributed by atoms with E-state index in [1.807, 2.05) is 48.6 Å². The Morgan fingerprint density at radius 2 is 1.97 bits per heavy atom. The highest BCUT2D eigenvalue weighted by Crippen LogP contribution is 2.25. The second-order valence-electron chi connectivity index (χ2n) is 7.28. The van der Waals surface area contributed by atoms with Crippen molar-refractivity contribution in [2.24, 2.45) is 0 Å². The van der Waals surface area contributed by atoms with Gasteiger partial charge in [0, 0.05) is 18.9 Å². The number of aryl methyl sites for hydroxylation is 1. The molecular weight excluding hydrogens is 403 g/mol. The lowest BCUT2D eigenvalue weighted by Crippen LogP contribution is -2.24. The molecule has 0 unspecified atom stereocenters. The van der Waals surface area contributed by atoms with Crippen molar-refractivity contribution >= 4 is 28.4 Å². The van der Waals surface area contributed by atoms with Gasteiger partial charge in [0.1, 0.15) is 5.82 Å². The molecule has 0 fully saturated rings. The predicted octanol–water partition coefficient (Wildman–Crippen LogP) is 4.29. The second-order valence-corrected chi connectivity index (χ2v) is 8.23. The molecule has 0 N–H and O–H groups in total. The molecule has 0 saturated carbocycles. The average molecular weight is 427 g/mol. The minimum atomic E-state index is -0.262. The molecule has 0 aliphatic carbocycles. The van der Waals surface area contributed by atoms with E-state index >= 15 is 0 Å². The van der Waals surface area contributed by atoms with E-state index < -0.39 is 0 Å². The maximum absolute atomic E-state index is 13.5. The van der Waals surface area contributed by atoms with Crippen LogP contribution in [0, 0.1) is 5.82 Å². The first-order chi connectivity index (χ1) is 14.5. The molecule has 0 amide bonds. The van der Waals surface area contributed by atoms with Gasteiger partial charge in [0.05, 0.1) is 17.0 Å². The summed E-state index contributed by atoms with van der Waals surface area (Å²) >= 11 is 1.46. The van der Waals surface area contributed by atoms with Crippen molar-refractivity contribution in [2.45, 2.75) is 43.8 Å². The third kappa shape index (κ3) is 4.24. The Bertz CT molecular complexity index is 1230. The quantitative estimate of drug-likeness (QED) is 0.311. The van der Waals surface area contributed by atoms with Gasteiger partial charge in [-0.05, 0) is 50.1 Å². The minimum Gasteiger partial charge on any atom is -0.379 e. The number of rotatable bonds is 8. The summed E-state index contributed by atoms with van der Waals surface area (Å²) in [4.78, 5) is 13.1. The summed E-state index contributed by atoms with van der Waals surface area (Å²) in [5.41, 5.74) is 1.54. The molecule has 0 radical (unpaired) electrons. The van der Waals surface area contributed by atoms with E-state index in [0.717, 1.165) is 11.1 Å². The lowest BCUT2D eigenvalue weighted by molar-refractivity contribution is 0.0748. The van der Waals surface area contributed by atoms with Crippen LogP contribution < -0.4 is 5.56 Å². The van der Waals surface area contributed by atoms with Crippen LogP contribution in [0.4, 0.5) is 4.39 Å². The zero-order valence-corrected chi connectivity index (χ0v) is 17.7. The Kier molecular flexibility index (Phi) is 6.15. The zero-order chi connectivity index (χ0) is 21.1. The number of para-hydroxylation sites is 1. The maximum Gasteiger partial charge on any atom is 0.262 e. The average Bonchev–Trinajstić information content (AvgIpc) is 3.15. The van der Waals surface area contributed by atoms with E-state index in [0.29, 0.717) is 41.6 Å². The Morgan fingerprint density at radius 1 is 1.13 bits per heavy atom. The van der Waals surface area contributed by atoms with Crippen LogP contribution in [0.25, 0.3) is 16.7 Å². The van der Waals surface area contributed by atoms with Crippen molar-refractivity contribution in [3.8, 4) is 0 Å². The van der Waals surface area contributed by atoms with E-state index in [1.165, 1.54) is 23.9 Å². The molecule has 6 nitrogen and oxygen atoms in total. The number of aromatic nitrogens is 4. The van der Waals surface area contributed by atoms with Crippen LogP contribution in [0.1, 0.15) is 25.8 Å². The molecule has 8 heteroatoms. The molecule has 4 rings (SSSR count). The highest BCUT2D eigenvalue weighted by atomic mass is 32.2. The van der Waals surface area contributed by atoms with Gasteiger partial charge in [0.25, 0.3) is 5.56 Å². The fraction of sp³-hybridized carbons (Fsp3) is 0.318. The van der Waals surface area contributed by atoms with Gasteiger partial charge in [0.15, 0.2) is 5.16 Å². The van der Waals surface area contributed by atoms with Crippen molar-refractivity contribution in [3.63, 3.8) is 0 Å². The SMILES string of the molecule is CC(C)OCCCn1c(=O)c2ccccc2n2c(SCc3cccc(F)c3)nnc12. The summed E-state index contributed by atoms with van der Waals surface area (Å²) in [5.74, 6) is 0.793. The number of nitrogens with zero attached hydrogens (tertiary/aromatic N) is 4. The van der Waals surface area contributed by atoms with Crippen LogP contribution in [0.3, 0.4) is 0 Å². The van der Waals surface area contributed by atoms with E-state index in [-0.39, 0.29) is 17.5 Å². The topological polar surface area (TPSA) is 61.4 Å². The summed E-state index contributed by atoms with van der Waals surface area (Å²) in [7, 11) is 0. The van der Waals surface area contributed by atoms with Crippen LogP contribution in [-0.2, 0) is 17.0 Å². The first kappa shape index (κ1) is 20.6. The number of hydrogen-bond donors (Lipinski definition) is 0. The number of benzene rings is 2. The van der Waals surface area contributed by atoms with Gasteiger partial charge in [-0.1, -0.05) is 36.0 Å². The molecular formula is C22H23FN4O2S. The highest BCUT2D eigenvalue weighted by molar-refractivity contribution is 7.98. The molecule has 2 aromatic heterocycles. The molecule has 2 aromatic carbocycles. The number of ether oxygens (including phenoxy) is 1. The van der Waals surface area contributed by atoms with Gasteiger partial charge in [0.2, 0.25) is 5.78 Å². The molecule has 30 heavy (non-hydrogen) atoms. The molecule has 0 bridgehead atoms. The Balaban J connectivity index is 1.71. The van der Waals surface area contributed by atoms with Crippen LogP contribution in [-0.4, -0.2) is 31.9 Å². The zero-order valence-electron chi connectivity index (χ0n) is 16.9. The summed E-state index contributed by atoms with van der Waals surface area (Å²) in [6, 6.07) is 14.0. The van der Waals surface area contributed by atoms with Gasteiger partial charge < -0.3 is 4.74 Å². The molecule has 0 aliphatic rings. The second kappa shape index (κ2) is 8.97. The lowest BCUT2D eigenvalue weighted by Gasteiger charge is -2.12. The molecule has 0 aliphatic heterocycles.